The summed E-state index contributed by atoms with van der Waals surface area (Å²) in [4.78, 5) is 10.7. The molecule has 1 aromatic carbocycles. The van der Waals surface area contributed by atoms with Gasteiger partial charge in [0, 0.05) is 4.47 Å². The van der Waals surface area contributed by atoms with Crippen molar-refractivity contribution in [1.29, 1.82) is 0 Å². The first-order chi connectivity index (χ1) is 7.12. The Kier molecular flexibility index (Phi) is 2.69. The van der Waals surface area contributed by atoms with E-state index in [1.165, 1.54) is 0 Å². The van der Waals surface area contributed by atoms with Gasteiger partial charge in [0.1, 0.15) is 0 Å². The van der Waals surface area contributed by atoms with Crippen molar-refractivity contribution in [3.05, 3.63) is 34.3 Å². The first kappa shape index (κ1) is 10.5. The number of benzene rings is 1. The van der Waals surface area contributed by atoms with Crippen molar-refractivity contribution in [3.8, 4) is 0 Å². The molecule has 1 amide bonds. The maximum absolute atomic E-state index is 10.7. The second-order valence-electron chi connectivity index (χ2n) is 3.87. The number of nitrogens with one attached hydrogen (secondary N) is 1. The predicted octanol–water partition coefficient (Wildman–Crippen LogP) is 3.10. The van der Waals surface area contributed by atoms with Crippen LogP contribution in [0.2, 0.25) is 0 Å². The largest absolute Gasteiger partial charge is 0.465 e. The van der Waals surface area contributed by atoms with Gasteiger partial charge >= 0.3 is 6.09 Å². The van der Waals surface area contributed by atoms with Crippen LogP contribution in [0.15, 0.2) is 28.7 Å². The molecule has 80 valence electrons. The van der Waals surface area contributed by atoms with Gasteiger partial charge in [-0.2, -0.15) is 0 Å². The van der Waals surface area contributed by atoms with Gasteiger partial charge in [-0.05, 0) is 37.0 Å². The number of amides is 1. The number of hydrogen-bond donors (Lipinski definition) is 2. The molecule has 1 aliphatic rings. The predicted molar refractivity (Wildman–Crippen MR) is 60.8 cm³/mol. The van der Waals surface area contributed by atoms with Crippen LogP contribution in [0.5, 0.6) is 0 Å². The summed E-state index contributed by atoms with van der Waals surface area (Å²) in [6.45, 7) is 0. The molecule has 15 heavy (non-hydrogen) atoms. The van der Waals surface area contributed by atoms with Crippen LogP contribution in [0.25, 0.3) is 0 Å². The van der Waals surface area contributed by atoms with Gasteiger partial charge in [-0.25, -0.2) is 4.79 Å². The summed E-state index contributed by atoms with van der Waals surface area (Å²) in [5.41, 5.74) is 0.714. The monoisotopic (exact) mass is 269 g/mol. The maximum atomic E-state index is 10.7. The van der Waals surface area contributed by atoms with E-state index in [1.807, 2.05) is 24.3 Å². The smallest absolute Gasteiger partial charge is 0.405 e. The van der Waals surface area contributed by atoms with Crippen molar-refractivity contribution in [1.82, 2.24) is 5.32 Å². The number of halogens is 1. The minimum Gasteiger partial charge on any atom is -0.465 e. The molecule has 0 bridgehead atoms. The van der Waals surface area contributed by atoms with E-state index in [4.69, 9.17) is 5.11 Å². The first-order valence-corrected chi connectivity index (χ1v) is 5.69. The summed E-state index contributed by atoms with van der Waals surface area (Å²) in [6.07, 6.45) is 1.91. The van der Waals surface area contributed by atoms with E-state index >= 15 is 0 Å². The Hall–Kier alpha value is -1.03. The average Bonchev–Trinajstić information content (AvgIpc) is 2.13. The molecule has 2 N–H and O–H groups in total. The zero-order valence-electron chi connectivity index (χ0n) is 8.16. The van der Waals surface area contributed by atoms with Crippen LogP contribution in [0.3, 0.4) is 0 Å². The molecule has 0 atom stereocenters. The number of carboxylic acid groups (broad SMARTS) is 1. The van der Waals surface area contributed by atoms with Crippen molar-refractivity contribution in [2.45, 2.75) is 24.8 Å². The Morgan fingerprint density at radius 2 is 1.93 bits per heavy atom. The van der Waals surface area contributed by atoms with E-state index in [1.54, 1.807) is 0 Å². The van der Waals surface area contributed by atoms with Crippen LogP contribution in [-0.4, -0.2) is 11.2 Å². The van der Waals surface area contributed by atoms with E-state index in [0.29, 0.717) is 0 Å². The number of carbonyl (C=O) groups is 1. The highest BCUT2D eigenvalue weighted by Crippen LogP contribution is 2.41. The lowest BCUT2D eigenvalue weighted by atomic mass is 9.72. The van der Waals surface area contributed by atoms with Gasteiger partial charge in [-0.1, -0.05) is 28.1 Å². The molecule has 2 rings (SSSR count). The van der Waals surface area contributed by atoms with Crippen molar-refractivity contribution >= 4 is 22.0 Å². The van der Waals surface area contributed by atoms with Gasteiger partial charge in [0.25, 0.3) is 0 Å². The maximum Gasteiger partial charge on any atom is 0.405 e. The zero-order valence-corrected chi connectivity index (χ0v) is 9.75. The summed E-state index contributed by atoms with van der Waals surface area (Å²) >= 11 is 3.37. The van der Waals surface area contributed by atoms with Crippen LogP contribution in [0.4, 0.5) is 4.79 Å². The average molecular weight is 270 g/mol. The SMILES string of the molecule is O=C(O)NC1(c2ccc(Br)cc2)CCC1. The van der Waals surface area contributed by atoms with Crippen LogP contribution >= 0.6 is 15.9 Å². The molecule has 0 saturated heterocycles. The quantitative estimate of drug-likeness (QED) is 0.867. The minimum absolute atomic E-state index is 0.341. The summed E-state index contributed by atoms with van der Waals surface area (Å²) in [6, 6.07) is 7.83. The fourth-order valence-electron chi connectivity index (χ4n) is 1.99. The third-order valence-corrected chi connectivity index (χ3v) is 3.48. The van der Waals surface area contributed by atoms with Crippen molar-refractivity contribution in [2.75, 3.05) is 0 Å². The third kappa shape index (κ3) is 2.00. The minimum atomic E-state index is -0.947. The van der Waals surface area contributed by atoms with Crippen LogP contribution < -0.4 is 5.32 Å². The van der Waals surface area contributed by atoms with Crippen molar-refractivity contribution in [2.24, 2.45) is 0 Å². The third-order valence-electron chi connectivity index (χ3n) is 2.95. The van der Waals surface area contributed by atoms with Crippen LogP contribution in [0, 0.1) is 0 Å². The molecule has 1 aliphatic carbocycles. The van der Waals surface area contributed by atoms with Gasteiger partial charge < -0.3 is 10.4 Å². The zero-order chi connectivity index (χ0) is 10.9. The molecule has 0 aliphatic heterocycles. The molecular weight excluding hydrogens is 258 g/mol. The second kappa shape index (κ2) is 3.85. The molecule has 1 aromatic rings. The van der Waals surface area contributed by atoms with Gasteiger partial charge in [-0.15, -0.1) is 0 Å². The molecule has 1 saturated carbocycles. The lowest BCUT2D eigenvalue weighted by Crippen LogP contribution is -2.50. The second-order valence-corrected chi connectivity index (χ2v) is 4.79. The molecule has 4 heteroatoms. The van der Waals surface area contributed by atoms with E-state index in [2.05, 4.69) is 21.2 Å². The molecular formula is C11H12BrNO2. The highest BCUT2D eigenvalue weighted by atomic mass is 79.9. The molecule has 0 spiro atoms. The van der Waals surface area contributed by atoms with E-state index < -0.39 is 6.09 Å². The van der Waals surface area contributed by atoms with Gasteiger partial charge in [0.2, 0.25) is 0 Å². The van der Waals surface area contributed by atoms with Crippen LogP contribution in [0.1, 0.15) is 24.8 Å². The Morgan fingerprint density at radius 1 is 1.33 bits per heavy atom. The summed E-state index contributed by atoms with van der Waals surface area (Å²) in [5.74, 6) is 0. The fourth-order valence-corrected chi connectivity index (χ4v) is 2.25. The van der Waals surface area contributed by atoms with Gasteiger partial charge in [-0.3, -0.25) is 0 Å². The molecule has 0 heterocycles. The standard InChI is InChI=1S/C11H12BrNO2/c12-9-4-2-8(3-5-9)11(6-1-7-11)13-10(14)15/h2-5,13H,1,6-7H2,(H,14,15). The van der Waals surface area contributed by atoms with E-state index in [0.717, 1.165) is 29.3 Å². The van der Waals surface area contributed by atoms with Gasteiger partial charge in [0.15, 0.2) is 0 Å². The Morgan fingerprint density at radius 3 is 2.33 bits per heavy atom. The van der Waals surface area contributed by atoms with Crippen molar-refractivity contribution < 1.29 is 9.90 Å². The Bertz CT molecular complexity index is 371. The molecule has 1 fully saturated rings. The molecule has 0 aromatic heterocycles. The summed E-state index contributed by atoms with van der Waals surface area (Å²) < 4.78 is 1.01. The summed E-state index contributed by atoms with van der Waals surface area (Å²) in [5, 5.41) is 11.4. The lowest BCUT2D eigenvalue weighted by Gasteiger charge is -2.42. The Balaban J connectivity index is 2.26. The molecule has 0 unspecified atom stereocenters. The van der Waals surface area contributed by atoms with Crippen LogP contribution in [-0.2, 0) is 5.54 Å². The van der Waals surface area contributed by atoms with E-state index in [-0.39, 0.29) is 5.54 Å². The number of rotatable bonds is 2. The van der Waals surface area contributed by atoms with E-state index in [9.17, 15) is 4.79 Å². The summed E-state index contributed by atoms with van der Waals surface area (Å²) in [7, 11) is 0. The number of hydrogen-bond acceptors (Lipinski definition) is 1. The normalized spacial score (nSPS) is 17.9. The molecule has 0 radical (unpaired) electrons. The van der Waals surface area contributed by atoms with Crippen molar-refractivity contribution in [3.63, 3.8) is 0 Å². The first-order valence-electron chi connectivity index (χ1n) is 4.90. The highest BCUT2D eigenvalue weighted by molar-refractivity contribution is 9.10. The fraction of sp³-hybridized carbons (Fsp3) is 0.364. The Labute approximate surface area is 96.6 Å². The molecule has 3 nitrogen and oxygen atoms in total. The topological polar surface area (TPSA) is 49.3 Å². The van der Waals surface area contributed by atoms with Gasteiger partial charge in [0.05, 0.1) is 5.54 Å². The lowest BCUT2D eigenvalue weighted by molar-refractivity contribution is 0.144. The highest BCUT2D eigenvalue weighted by Gasteiger charge is 2.39.